The number of hydrogen-bond acceptors (Lipinski definition) is 4. The van der Waals surface area contributed by atoms with E-state index in [2.05, 4.69) is 40.4 Å². The molecule has 1 aromatic carbocycles. The Morgan fingerprint density at radius 2 is 1.95 bits per heavy atom. The molecule has 2 heterocycles. The highest BCUT2D eigenvalue weighted by molar-refractivity contribution is 8.04. The van der Waals surface area contributed by atoms with Gasteiger partial charge in [0.1, 0.15) is 0 Å². The van der Waals surface area contributed by atoms with Gasteiger partial charge < -0.3 is 15.1 Å². The molecule has 0 aliphatic carbocycles. The number of nitrogens with zero attached hydrogens (tertiary/aromatic N) is 2. The normalized spacial score (nSPS) is 22.4. The first-order chi connectivity index (χ1) is 10.2. The molecule has 0 atom stereocenters. The first kappa shape index (κ1) is 14.5. The van der Waals surface area contributed by atoms with Crippen molar-refractivity contribution in [3.63, 3.8) is 0 Å². The lowest BCUT2D eigenvalue weighted by molar-refractivity contribution is -0.116. The number of thioether (sulfide) groups is 1. The van der Waals surface area contributed by atoms with Crippen LogP contribution in [0.3, 0.4) is 0 Å². The second kappa shape index (κ2) is 6.54. The van der Waals surface area contributed by atoms with Crippen LogP contribution in [0.5, 0.6) is 0 Å². The zero-order valence-corrected chi connectivity index (χ0v) is 13.2. The lowest BCUT2D eigenvalue weighted by Gasteiger charge is -2.35. The summed E-state index contributed by atoms with van der Waals surface area (Å²) in [6, 6.07) is 8.37. The van der Waals surface area contributed by atoms with Crippen molar-refractivity contribution in [3.05, 3.63) is 34.7 Å². The van der Waals surface area contributed by atoms with Gasteiger partial charge in [0.2, 0.25) is 0 Å². The highest BCUT2D eigenvalue weighted by Crippen LogP contribution is 2.28. The maximum absolute atomic E-state index is 11.9. The van der Waals surface area contributed by atoms with Crippen molar-refractivity contribution in [2.24, 2.45) is 0 Å². The minimum atomic E-state index is 0.0550. The summed E-state index contributed by atoms with van der Waals surface area (Å²) in [7, 11) is 2.16. The van der Waals surface area contributed by atoms with Crippen LogP contribution in [0.2, 0.25) is 0 Å². The van der Waals surface area contributed by atoms with Crippen LogP contribution in [0.25, 0.3) is 6.08 Å². The standard InChI is InChI=1S/C16H21N3OS/c1-18-7-9-19(10-8-18)14-5-3-2-4-13(14)12-15-16(20)17-6-11-21-15/h2-5,12H,6-11H2,1H3,(H,17,20). The van der Waals surface area contributed by atoms with Gasteiger partial charge in [-0.1, -0.05) is 18.2 Å². The van der Waals surface area contributed by atoms with Gasteiger partial charge >= 0.3 is 0 Å². The number of likely N-dealkylation sites (N-methyl/N-ethyl adjacent to an activating group) is 1. The van der Waals surface area contributed by atoms with Gasteiger partial charge in [-0.3, -0.25) is 4.79 Å². The van der Waals surface area contributed by atoms with Gasteiger partial charge in [-0.2, -0.15) is 0 Å². The number of carbonyl (C=O) groups is 1. The first-order valence-electron chi connectivity index (χ1n) is 7.39. The fourth-order valence-electron chi connectivity index (χ4n) is 2.67. The first-order valence-corrected chi connectivity index (χ1v) is 8.38. The number of rotatable bonds is 2. The Morgan fingerprint density at radius 3 is 2.71 bits per heavy atom. The SMILES string of the molecule is CN1CCN(c2ccccc2C=C2SCCNC2=O)CC1. The number of amides is 1. The van der Waals surface area contributed by atoms with Crippen LogP contribution in [0, 0.1) is 0 Å². The molecule has 0 saturated carbocycles. The Bertz CT molecular complexity index is 550. The molecule has 1 amide bonds. The number of piperazine rings is 1. The van der Waals surface area contributed by atoms with Crippen LogP contribution in [-0.4, -0.2) is 56.3 Å². The van der Waals surface area contributed by atoms with E-state index in [1.54, 1.807) is 11.8 Å². The third-order valence-electron chi connectivity index (χ3n) is 3.94. The van der Waals surface area contributed by atoms with Crippen molar-refractivity contribution >= 4 is 29.4 Å². The number of anilines is 1. The van der Waals surface area contributed by atoms with Gasteiger partial charge in [-0.15, -0.1) is 11.8 Å². The van der Waals surface area contributed by atoms with Gasteiger partial charge in [-0.25, -0.2) is 0 Å². The van der Waals surface area contributed by atoms with Gasteiger partial charge in [0.25, 0.3) is 5.91 Å². The fraction of sp³-hybridized carbons (Fsp3) is 0.438. The largest absolute Gasteiger partial charge is 0.368 e. The predicted octanol–water partition coefficient (Wildman–Crippen LogP) is 1.64. The number of hydrogen-bond donors (Lipinski definition) is 1. The Hall–Kier alpha value is -1.46. The van der Waals surface area contributed by atoms with Crippen molar-refractivity contribution in [1.82, 2.24) is 10.2 Å². The molecule has 1 aromatic rings. The minimum Gasteiger partial charge on any atom is -0.368 e. The molecule has 2 aliphatic heterocycles. The van der Waals surface area contributed by atoms with Crippen molar-refractivity contribution in [1.29, 1.82) is 0 Å². The van der Waals surface area contributed by atoms with E-state index in [4.69, 9.17) is 0 Å². The van der Waals surface area contributed by atoms with E-state index in [-0.39, 0.29) is 5.91 Å². The molecule has 5 heteroatoms. The van der Waals surface area contributed by atoms with Gasteiger partial charge in [0.15, 0.2) is 0 Å². The quantitative estimate of drug-likeness (QED) is 0.843. The van der Waals surface area contributed by atoms with E-state index in [1.165, 1.54) is 5.69 Å². The summed E-state index contributed by atoms with van der Waals surface area (Å²) in [6.07, 6.45) is 2.03. The third kappa shape index (κ3) is 3.41. The Balaban J connectivity index is 1.85. The number of carbonyl (C=O) groups excluding carboxylic acids is 1. The van der Waals surface area contributed by atoms with Gasteiger partial charge in [0, 0.05) is 44.2 Å². The molecule has 112 valence electrons. The molecule has 21 heavy (non-hydrogen) atoms. The molecule has 0 unspecified atom stereocenters. The topological polar surface area (TPSA) is 35.6 Å². The van der Waals surface area contributed by atoms with E-state index in [9.17, 15) is 4.79 Å². The van der Waals surface area contributed by atoms with E-state index in [1.807, 2.05) is 12.1 Å². The second-order valence-corrected chi connectivity index (χ2v) is 6.60. The summed E-state index contributed by atoms with van der Waals surface area (Å²) < 4.78 is 0. The number of benzene rings is 1. The summed E-state index contributed by atoms with van der Waals surface area (Å²) in [4.78, 5) is 17.5. The molecule has 0 aromatic heterocycles. The molecular formula is C16H21N3OS. The molecule has 0 radical (unpaired) electrons. The molecule has 4 nitrogen and oxygen atoms in total. The van der Waals surface area contributed by atoms with Crippen molar-refractivity contribution in [3.8, 4) is 0 Å². The Morgan fingerprint density at radius 1 is 1.19 bits per heavy atom. The zero-order chi connectivity index (χ0) is 14.7. The van der Waals surface area contributed by atoms with Crippen molar-refractivity contribution in [2.45, 2.75) is 0 Å². The molecule has 3 rings (SSSR count). The van der Waals surface area contributed by atoms with Crippen LogP contribution in [-0.2, 0) is 4.79 Å². The maximum Gasteiger partial charge on any atom is 0.257 e. The minimum absolute atomic E-state index is 0.0550. The molecule has 2 saturated heterocycles. The average Bonchev–Trinajstić information content (AvgIpc) is 2.51. The van der Waals surface area contributed by atoms with Crippen LogP contribution >= 0.6 is 11.8 Å². The van der Waals surface area contributed by atoms with Crippen molar-refractivity contribution < 1.29 is 4.79 Å². The predicted molar refractivity (Wildman–Crippen MR) is 89.6 cm³/mol. The van der Waals surface area contributed by atoms with Crippen LogP contribution < -0.4 is 10.2 Å². The van der Waals surface area contributed by atoms with Crippen LogP contribution in [0.4, 0.5) is 5.69 Å². The number of para-hydroxylation sites is 1. The molecular weight excluding hydrogens is 282 g/mol. The molecule has 1 N–H and O–H groups in total. The summed E-state index contributed by atoms with van der Waals surface area (Å²) in [5, 5.41) is 2.91. The van der Waals surface area contributed by atoms with Gasteiger partial charge in [-0.05, 0) is 24.8 Å². The van der Waals surface area contributed by atoms with E-state index < -0.39 is 0 Å². The average molecular weight is 303 g/mol. The monoisotopic (exact) mass is 303 g/mol. The third-order valence-corrected chi connectivity index (χ3v) is 4.96. The van der Waals surface area contributed by atoms with Crippen LogP contribution in [0.1, 0.15) is 5.56 Å². The number of nitrogens with one attached hydrogen (secondary N) is 1. The van der Waals surface area contributed by atoms with Crippen LogP contribution in [0.15, 0.2) is 29.2 Å². The summed E-state index contributed by atoms with van der Waals surface area (Å²) in [5.41, 5.74) is 2.37. The summed E-state index contributed by atoms with van der Waals surface area (Å²) in [5.74, 6) is 1.01. The molecule has 0 bridgehead atoms. The highest BCUT2D eigenvalue weighted by Gasteiger charge is 2.18. The van der Waals surface area contributed by atoms with E-state index in [0.29, 0.717) is 0 Å². The molecule has 0 spiro atoms. The Labute approximate surface area is 130 Å². The van der Waals surface area contributed by atoms with Crippen molar-refractivity contribution in [2.75, 3.05) is 50.4 Å². The lowest BCUT2D eigenvalue weighted by atomic mass is 10.1. The summed E-state index contributed by atoms with van der Waals surface area (Å²) in [6.45, 7) is 5.01. The Kier molecular flexibility index (Phi) is 4.51. The smallest absolute Gasteiger partial charge is 0.257 e. The summed E-state index contributed by atoms with van der Waals surface area (Å²) >= 11 is 1.64. The lowest BCUT2D eigenvalue weighted by Crippen LogP contribution is -2.44. The van der Waals surface area contributed by atoms with E-state index >= 15 is 0 Å². The molecule has 2 aliphatic rings. The maximum atomic E-state index is 11.9. The fourth-order valence-corrected chi connectivity index (χ4v) is 3.51. The highest BCUT2D eigenvalue weighted by atomic mass is 32.2. The second-order valence-electron chi connectivity index (χ2n) is 5.46. The zero-order valence-electron chi connectivity index (χ0n) is 12.3. The van der Waals surface area contributed by atoms with Gasteiger partial charge in [0.05, 0.1) is 4.91 Å². The molecule has 2 fully saturated rings. The van der Waals surface area contributed by atoms with E-state index in [0.717, 1.165) is 48.9 Å².